The first kappa shape index (κ1) is 26.1. The minimum Gasteiger partial charge on any atom is -0.497 e. The van der Waals surface area contributed by atoms with Crippen molar-refractivity contribution >= 4 is 17.6 Å². The summed E-state index contributed by atoms with van der Waals surface area (Å²) in [6, 6.07) is 17.0. The smallest absolute Gasteiger partial charge is 0.254 e. The van der Waals surface area contributed by atoms with Crippen molar-refractivity contribution in [2.75, 3.05) is 51.3 Å². The summed E-state index contributed by atoms with van der Waals surface area (Å²) in [5.41, 5.74) is 2.07. The number of hydrogen-bond donors (Lipinski definition) is 0. The zero-order valence-electron chi connectivity index (χ0n) is 21.3. The SMILES string of the molecule is CCCCN(CC(=O)N1CCN(c2ccc(-c3cccc(OC)c3)nn2)CC1)C(=O)c1ccc(F)cc1. The number of anilines is 1. The van der Waals surface area contributed by atoms with Gasteiger partial charge in [0.05, 0.1) is 12.8 Å². The highest BCUT2D eigenvalue weighted by molar-refractivity contribution is 5.96. The summed E-state index contributed by atoms with van der Waals surface area (Å²) in [4.78, 5) is 31.5. The molecule has 3 aromatic rings. The molecule has 0 radical (unpaired) electrons. The fraction of sp³-hybridized carbons (Fsp3) is 0.357. The Kier molecular flexibility index (Phi) is 8.66. The molecule has 1 aliphatic heterocycles. The van der Waals surface area contributed by atoms with Crippen LogP contribution in [-0.4, -0.2) is 78.2 Å². The Morgan fingerprint density at radius 2 is 1.76 bits per heavy atom. The van der Waals surface area contributed by atoms with E-state index in [1.165, 1.54) is 24.3 Å². The van der Waals surface area contributed by atoms with Crippen LogP contribution in [0.15, 0.2) is 60.7 Å². The molecular weight excluding hydrogens is 473 g/mol. The molecule has 1 aromatic heterocycles. The van der Waals surface area contributed by atoms with E-state index in [0.29, 0.717) is 38.3 Å². The van der Waals surface area contributed by atoms with Crippen LogP contribution in [0.25, 0.3) is 11.3 Å². The van der Waals surface area contributed by atoms with Gasteiger partial charge in [0.15, 0.2) is 5.82 Å². The molecule has 0 aliphatic carbocycles. The van der Waals surface area contributed by atoms with E-state index in [2.05, 4.69) is 15.1 Å². The van der Waals surface area contributed by atoms with Gasteiger partial charge >= 0.3 is 0 Å². The second kappa shape index (κ2) is 12.3. The number of amides is 2. The lowest BCUT2D eigenvalue weighted by Gasteiger charge is -2.36. The summed E-state index contributed by atoms with van der Waals surface area (Å²) in [5.74, 6) is 0.773. The first-order valence-electron chi connectivity index (χ1n) is 12.5. The number of piperazine rings is 1. The maximum absolute atomic E-state index is 13.3. The fourth-order valence-electron chi connectivity index (χ4n) is 4.25. The minimum absolute atomic E-state index is 0.00521. The monoisotopic (exact) mass is 505 g/mol. The van der Waals surface area contributed by atoms with Crippen LogP contribution in [0.5, 0.6) is 5.75 Å². The molecule has 2 amide bonds. The molecule has 1 saturated heterocycles. The number of unbranched alkanes of at least 4 members (excludes halogenated alkanes) is 1. The van der Waals surface area contributed by atoms with Crippen molar-refractivity contribution in [2.45, 2.75) is 19.8 Å². The third-order valence-corrected chi connectivity index (χ3v) is 6.46. The highest BCUT2D eigenvalue weighted by Crippen LogP contribution is 2.23. The molecule has 2 heterocycles. The lowest BCUT2D eigenvalue weighted by atomic mass is 10.1. The van der Waals surface area contributed by atoms with E-state index in [1.807, 2.05) is 43.3 Å². The number of benzene rings is 2. The molecule has 4 rings (SSSR count). The van der Waals surface area contributed by atoms with Crippen LogP contribution in [0.4, 0.5) is 10.2 Å². The molecule has 1 aliphatic rings. The van der Waals surface area contributed by atoms with Crippen molar-refractivity contribution in [3.63, 3.8) is 0 Å². The molecule has 0 saturated carbocycles. The van der Waals surface area contributed by atoms with E-state index < -0.39 is 5.82 Å². The van der Waals surface area contributed by atoms with Crippen LogP contribution < -0.4 is 9.64 Å². The Morgan fingerprint density at radius 1 is 1.00 bits per heavy atom. The second-order valence-electron chi connectivity index (χ2n) is 8.96. The van der Waals surface area contributed by atoms with Gasteiger partial charge in [0, 0.05) is 43.9 Å². The van der Waals surface area contributed by atoms with Gasteiger partial charge in [-0.3, -0.25) is 9.59 Å². The first-order valence-corrected chi connectivity index (χ1v) is 12.5. The molecule has 2 aromatic carbocycles. The normalized spacial score (nSPS) is 13.4. The molecule has 194 valence electrons. The Labute approximate surface area is 216 Å². The van der Waals surface area contributed by atoms with Crippen LogP contribution in [0, 0.1) is 5.82 Å². The van der Waals surface area contributed by atoms with E-state index in [-0.39, 0.29) is 18.4 Å². The number of ether oxygens (including phenoxy) is 1. The van der Waals surface area contributed by atoms with Crippen LogP contribution in [0.1, 0.15) is 30.1 Å². The van der Waals surface area contributed by atoms with Crippen LogP contribution in [0.2, 0.25) is 0 Å². The lowest BCUT2D eigenvalue weighted by Crippen LogP contribution is -2.52. The van der Waals surface area contributed by atoms with E-state index >= 15 is 0 Å². The van der Waals surface area contributed by atoms with Crippen molar-refractivity contribution in [1.82, 2.24) is 20.0 Å². The fourth-order valence-corrected chi connectivity index (χ4v) is 4.25. The summed E-state index contributed by atoms with van der Waals surface area (Å²) in [6.45, 7) is 4.83. The van der Waals surface area contributed by atoms with E-state index in [9.17, 15) is 14.0 Å². The number of hydrogen-bond acceptors (Lipinski definition) is 6. The molecule has 0 bridgehead atoms. The number of rotatable bonds is 9. The van der Waals surface area contributed by atoms with Gasteiger partial charge in [-0.25, -0.2) is 4.39 Å². The molecule has 1 fully saturated rings. The Morgan fingerprint density at radius 3 is 2.41 bits per heavy atom. The quantitative estimate of drug-likeness (QED) is 0.439. The largest absolute Gasteiger partial charge is 0.497 e. The molecular formula is C28H32FN5O3. The van der Waals surface area contributed by atoms with E-state index in [1.54, 1.807) is 16.9 Å². The van der Waals surface area contributed by atoms with Gasteiger partial charge in [-0.2, -0.15) is 0 Å². The maximum Gasteiger partial charge on any atom is 0.254 e. The van der Waals surface area contributed by atoms with Crippen molar-refractivity contribution in [3.8, 4) is 17.0 Å². The first-order chi connectivity index (χ1) is 18.0. The molecule has 0 unspecified atom stereocenters. The van der Waals surface area contributed by atoms with Crippen molar-refractivity contribution in [3.05, 3.63) is 72.0 Å². The summed E-state index contributed by atoms with van der Waals surface area (Å²) in [5, 5.41) is 8.78. The summed E-state index contributed by atoms with van der Waals surface area (Å²) >= 11 is 0. The number of halogens is 1. The topological polar surface area (TPSA) is 78.9 Å². The predicted molar refractivity (Wildman–Crippen MR) is 140 cm³/mol. The van der Waals surface area contributed by atoms with Gasteiger partial charge in [0.1, 0.15) is 18.1 Å². The molecule has 0 spiro atoms. The van der Waals surface area contributed by atoms with Crippen LogP contribution in [0.3, 0.4) is 0 Å². The zero-order valence-corrected chi connectivity index (χ0v) is 21.3. The standard InChI is InChI=1S/C28H32FN5O3/c1-3-4-14-34(28(36)21-8-10-23(29)11-9-21)20-27(35)33-17-15-32(16-18-33)26-13-12-25(30-31-26)22-6-5-7-24(19-22)37-2/h5-13,19H,3-4,14-18,20H2,1-2H3. The van der Waals surface area contributed by atoms with Crippen LogP contribution >= 0.6 is 0 Å². The number of aromatic nitrogens is 2. The summed E-state index contributed by atoms with van der Waals surface area (Å²) in [6.07, 6.45) is 1.69. The third-order valence-electron chi connectivity index (χ3n) is 6.46. The molecule has 8 nitrogen and oxygen atoms in total. The average molecular weight is 506 g/mol. The second-order valence-corrected chi connectivity index (χ2v) is 8.96. The predicted octanol–water partition coefficient (Wildman–Crippen LogP) is 3.88. The van der Waals surface area contributed by atoms with Crippen molar-refractivity contribution in [1.29, 1.82) is 0 Å². The molecule has 37 heavy (non-hydrogen) atoms. The molecule has 0 atom stereocenters. The van der Waals surface area contributed by atoms with Gasteiger partial charge in [-0.15, -0.1) is 10.2 Å². The van der Waals surface area contributed by atoms with Gasteiger partial charge in [0.25, 0.3) is 5.91 Å². The number of carbonyl (C=O) groups is 2. The number of nitrogens with zero attached hydrogens (tertiary/aromatic N) is 5. The van der Waals surface area contributed by atoms with Crippen LogP contribution in [-0.2, 0) is 4.79 Å². The Balaban J connectivity index is 1.34. The van der Waals surface area contributed by atoms with Gasteiger partial charge in [-0.05, 0) is 55.0 Å². The molecule has 9 heteroatoms. The Bertz CT molecular complexity index is 1200. The van der Waals surface area contributed by atoms with Gasteiger partial charge < -0.3 is 19.4 Å². The summed E-state index contributed by atoms with van der Waals surface area (Å²) < 4.78 is 18.6. The minimum atomic E-state index is -0.398. The van der Waals surface area contributed by atoms with Crippen molar-refractivity contribution in [2.24, 2.45) is 0 Å². The lowest BCUT2D eigenvalue weighted by molar-refractivity contribution is -0.132. The number of methoxy groups -OCH3 is 1. The number of carbonyl (C=O) groups excluding carboxylic acids is 2. The average Bonchev–Trinajstić information content (AvgIpc) is 2.95. The highest BCUT2D eigenvalue weighted by Gasteiger charge is 2.26. The third kappa shape index (κ3) is 6.61. The Hall–Kier alpha value is -4.01. The van der Waals surface area contributed by atoms with E-state index in [4.69, 9.17) is 4.74 Å². The van der Waals surface area contributed by atoms with E-state index in [0.717, 1.165) is 35.7 Å². The maximum atomic E-state index is 13.3. The zero-order chi connectivity index (χ0) is 26.2. The van der Waals surface area contributed by atoms with Gasteiger partial charge in [-0.1, -0.05) is 25.5 Å². The highest BCUT2D eigenvalue weighted by atomic mass is 19.1. The van der Waals surface area contributed by atoms with Gasteiger partial charge in [0.2, 0.25) is 5.91 Å². The molecule has 0 N–H and O–H groups in total. The van der Waals surface area contributed by atoms with Crippen molar-refractivity contribution < 1.29 is 18.7 Å². The summed E-state index contributed by atoms with van der Waals surface area (Å²) in [7, 11) is 1.63.